The fourth-order valence-electron chi connectivity index (χ4n) is 2.81. The van der Waals surface area contributed by atoms with Gasteiger partial charge in [-0.2, -0.15) is 4.98 Å². The molecule has 7 nitrogen and oxygen atoms in total. The number of carbonyl (C=O) groups is 1. The second-order valence-corrected chi connectivity index (χ2v) is 6.36. The van der Waals surface area contributed by atoms with Gasteiger partial charge in [0.25, 0.3) is 5.91 Å². The van der Waals surface area contributed by atoms with E-state index in [9.17, 15) is 4.79 Å². The van der Waals surface area contributed by atoms with Gasteiger partial charge in [-0.15, -0.1) is 0 Å². The lowest BCUT2D eigenvalue weighted by atomic mass is 10.1. The van der Waals surface area contributed by atoms with Crippen molar-refractivity contribution in [1.82, 2.24) is 20.4 Å². The summed E-state index contributed by atoms with van der Waals surface area (Å²) in [6.45, 7) is 0.0838. The highest BCUT2D eigenvalue weighted by Gasteiger charge is 2.17. The topological polar surface area (TPSA) is 90.1 Å². The largest absolute Gasteiger partial charge is 0.495 e. The van der Waals surface area contributed by atoms with Gasteiger partial charge in [0.1, 0.15) is 11.3 Å². The highest BCUT2D eigenvalue weighted by molar-refractivity contribution is 6.31. The Hall–Kier alpha value is -3.45. The van der Waals surface area contributed by atoms with E-state index in [4.69, 9.17) is 20.9 Å². The number of hydrogen-bond donors (Lipinski definition) is 1. The number of nitrogens with one attached hydrogen (secondary N) is 1. The van der Waals surface area contributed by atoms with E-state index in [2.05, 4.69) is 20.4 Å². The third kappa shape index (κ3) is 3.52. The van der Waals surface area contributed by atoms with Gasteiger partial charge in [-0.1, -0.05) is 47.1 Å². The molecule has 0 aliphatic heterocycles. The van der Waals surface area contributed by atoms with Crippen LogP contribution in [0.4, 0.5) is 0 Å². The summed E-state index contributed by atoms with van der Waals surface area (Å²) in [6, 6.07) is 14.6. The third-order valence-electron chi connectivity index (χ3n) is 4.13. The van der Waals surface area contributed by atoms with Crippen LogP contribution in [-0.2, 0) is 6.54 Å². The monoisotopic (exact) mass is 394 g/mol. The van der Waals surface area contributed by atoms with E-state index in [1.165, 1.54) is 13.3 Å². The summed E-state index contributed by atoms with van der Waals surface area (Å²) in [7, 11) is 1.50. The van der Waals surface area contributed by atoms with Gasteiger partial charge in [0.05, 0.1) is 19.2 Å². The van der Waals surface area contributed by atoms with Crippen LogP contribution < -0.4 is 10.1 Å². The minimum Gasteiger partial charge on any atom is -0.495 e. The molecular formula is C20H15ClN4O3. The number of methoxy groups -OCH3 is 1. The second kappa shape index (κ2) is 7.66. The van der Waals surface area contributed by atoms with Gasteiger partial charge in [-0.05, 0) is 18.2 Å². The summed E-state index contributed by atoms with van der Waals surface area (Å²) in [5.41, 5.74) is 1.79. The first kappa shape index (κ1) is 17.9. The average Bonchev–Trinajstić information content (AvgIpc) is 3.20. The fourth-order valence-corrected chi connectivity index (χ4v) is 2.97. The summed E-state index contributed by atoms with van der Waals surface area (Å²) < 4.78 is 10.6. The van der Waals surface area contributed by atoms with Crippen molar-refractivity contribution in [2.75, 3.05) is 7.11 Å². The first-order chi connectivity index (χ1) is 13.7. The lowest BCUT2D eigenvalue weighted by Crippen LogP contribution is -2.23. The Morgan fingerprint density at radius 1 is 1.21 bits per heavy atom. The first-order valence-corrected chi connectivity index (χ1v) is 8.82. The van der Waals surface area contributed by atoms with Crippen LogP contribution in [0, 0.1) is 0 Å². The van der Waals surface area contributed by atoms with Crippen LogP contribution in [0.2, 0.25) is 5.02 Å². The van der Waals surface area contributed by atoms with Crippen molar-refractivity contribution in [3.05, 3.63) is 71.2 Å². The SMILES string of the molecule is COc1c(C(=O)NCc2nc(-c3ccccc3)no2)cnc2cc(Cl)ccc12. The molecule has 0 bridgehead atoms. The number of fused-ring (bicyclic) bond motifs is 1. The van der Waals surface area contributed by atoms with E-state index >= 15 is 0 Å². The molecule has 0 radical (unpaired) electrons. The number of amides is 1. The van der Waals surface area contributed by atoms with Crippen LogP contribution in [-0.4, -0.2) is 28.1 Å². The van der Waals surface area contributed by atoms with Crippen LogP contribution in [0.15, 0.2) is 59.3 Å². The average molecular weight is 395 g/mol. The van der Waals surface area contributed by atoms with E-state index < -0.39 is 0 Å². The molecule has 0 fully saturated rings. The maximum Gasteiger partial charge on any atom is 0.257 e. The Morgan fingerprint density at radius 2 is 2.04 bits per heavy atom. The Balaban J connectivity index is 1.53. The number of hydrogen-bond acceptors (Lipinski definition) is 6. The van der Waals surface area contributed by atoms with Crippen molar-refractivity contribution in [2.24, 2.45) is 0 Å². The van der Waals surface area contributed by atoms with Crippen molar-refractivity contribution < 1.29 is 14.1 Å². The van der Waals surface area contributed by atoms with Gasteiger partial charge in [0.2, 0.25) is 11.7 Å². The molecule has 1 N–H and O–H groups in total. The summed E-state index contributed by atoms with van der Waals surface area (Å²) in [4.78, 5) is 21.2. The van der Waals surface area contributed by atoms with Crippen molar-refractivity contribution in [1.29, 1.82) is 0 Å². The van der Waals surface area contributed by atoms with Gasteiger partial charge in [-0.25, -0.2) is 0 Å². The molecule has 1 amide bonds. The number of nitrogens with zero attached hydrogens (tertiary/aromatic N) is 3. The molecule has 0 atom stereocenters. The molecule has 0 spiro atoms. The number of benzene rings is 2. The Kier molecular flexibility index (Phi) is 4.90. The predicted octanol–water partition coefficient (Wildman–Crippen LogP) is 3.88. The minimum absolute atomic E-state index is 0.0838. The van der Waals surface area contributed by atoms with Crippen molar-refractivity contribution in [3.8, 4) is 17.1 Å². The third-order valence-corrected chi connectivity index (χ3v) is 4.37. The zero-order chi connectivity index (χ0) is 19.5. The number of ether oxygens (including phenoxy) is 1. The second-order valence-electron chi connectivity index (χ2n) is 5.93. The molecule has 0 aliphatic carbocycles. The number of carbonyl (C=O) groups excluding carboxylic acids is 1. The lowest BCUT2D eigenvalue weighted by molar-refractivity contribution is 0.0943. The summed E-state index contributed by atoms with van der Waals surface area (Å²) >= 11 is 6.00. The molecule has 28 heavy (non-hydrogen) atoms. The van der Waals surface area contributed by atoms with Gasteiger partial charge in [0, 0.05) is 22.2 Å². The van der Waals surface area contributed by atoms with Gasteiger partial charge in [0.15, 0.2) is 0 Å². The van der Waals surface area contributed by atoms with Crippen LogP contribution in [0.5, 0.6) is 5.75 Å². The highest BCUT2D eigenvalue weighted by atomic mass is 35.5. The number of pyridine rings is 1. The zero-order valence-corrected chi connectivity index (χ0v) is 15.6. The molecule has 4 rings (SSSR count). The van der Waals surface area contributed by atoms with E-state index in [-0.39, 0.29) is 12.5 Å². The molecule has 2 heterocycles. The van der Waals surface area contributed by atoms with E-state index in [0.29, 0.717) is 39.0 Å². The van der Waals surface area contributed by atoms with Crippen LogP contribution in [0.1, 0.15) is 16.2 Å². The number of rotatable bonds is 5. The molecule has 2 aromatic heterocycles. The minimum atomic E-state index is -0.360. The molecule has 0 unspecified atom stereocenters. The van der Waals surface area contributed by atoms with Crippen molar-refractivity contribution in [2.45, 2.75) is 6.54 Å². The first-order valence-electron chi connectivity index (χ1n) is 8.44. The van der Waals surface area contributed by atoms with Crippen LogP contribution in [0.3, 0.4) is 0 Å². The van der Waals surface area contributed by atoms with Gasteiger partial charge >= 0.3 is 0 Å². The predicted molar refractivity (Wildman–Crippen MR) is 104 cm³/mol. The molecule has 0 saturated carbocycles. The number of aromatic nitrogens is 3. The molecule has 140 valence electrons. The Labute approximate surface area is 165 Å². The highest BCUT2D eigenvalue weighted by Crippen LogP contribution is 2.29. The quantitative estimate of drug-likeness (QED) is 0.552. The standard InChI is InChI=1S/C20H15ClN4O3/c1-27-18-14-8-7-13(21)9-16(14)22-10-15(18)20(26)23-11-17-24-19(25-28-17)12-5-3-2-4-6-12/h2-10H,11H2,1H3,(H,23,26). The molecular weight excluding hydrogens is 380 g/mol. The zero-order valence-electron chi connectivity index (χ0n) is 14.8. The molecule has 0 saturated heterocycles. The summed E-state index contributed by atoms with van der Waals surface area (Å²) in [5.74, 6) is 0.828. The van der Waals surface area contributed by atoms with Crippen LogP contribution >= 0.6 is 11.6 Å². The van der Waals surface area contributed by atoms with E-state index in [1.807, 2.05) is 30.3 Å². The number of halogens is 1. The lowest BCUT2D eigenvalue weighted by Gasteiger charge is -2.11. The van der Waals surface area contributed by atoms with E-state index in [0.717, 1.165) is 5.56 Å². The fraction of sp³-hybridized carbons (Fsp3) is 0.100. The smallest absolute Gasteiger partial charge is 0.257 e. The molecule has 8 heteroatoms. The normalized spacial score (nSPS) is 10.8. The van der Waals surface area contributed by atoms with Crippen molar-refractivity contribution >= 4 is 28.4 Å². The van der Waals surface area contributed by atoms with E-state index in [1.54, 1.807) is 18.2 Å². The maximum atomic E-state index is 12.6. The Bertz CT molecular complexity index is 1140. The maximum absolute atomic E-state index is 12.6. The van der Waals surface area contributed by atoms with Gasteiger partial charge < -0.3 is 14.6 Å². The van der Waals surface area contributed by atoms with Crippen molar-refractivity contribution in [3.63, 3.8) is 0 Å². The summed E-state index contributed by atoms with van der Waals surface area (Å²) in [6.07, 6.45) is 1.45. The molecule has 2 aromatic carbocycles. The molecule has 4 aromatic rings. The summed E-state index contributed by atoms with van der Waals surface area (Å²) in [5, 5.41) is 7.94. The van der Waals surface area contributed by atoms with Gasteiger partial charge in [-0.3, -0.25) is 9.78 Å². The molecule has 0 aliphatic rings. The van der Waals surface area contributed by atoms with Crippen LogP contribution in [0.25, 0.3) is 22.3 Å². The Morgan fingerprint density at radius 3 is 2.82 bits per heavy atom.